The van der Waals surface area contributed by atoms with E-state index in [4.69, 9.17) is 5.73 Å². The topological polar surface area (TPSA) is 161 Å². The van der Waals surface area contributed by atoms with E-state index in [9.17, 15) is 34.8 Å². The third-order valence-electron chi connectivity index (χ3n) is 7.68. The lowest BCUT2D eigenvalue weighted by Gasteiger charge is -2.46. The molecule has 0 aliphatic heterocycles. The molecule has 0 saturated heterocycles. The van der Waals surface area contributed by atoms with E-state index < -0.39 is 52.0 Å². The Morgan fingerprint density at radius 3 is 2.51 bits per heavy atom. The number of fused-ring (bicyclic) bond motifs is 3. The molecule has 1 saturated carbocycles. The minimum atomic E-state index is -2.57. The molecule has 9 nitrogen and oxygen atoms in total. The van der Waals surface area contributed by atoms with E-state index in [0.717, 1.165) is 23.2 Å². The predicted octanol–water partition coefficient (Wildman–Crippen LogP) is 2.15. The van der Waals surface area contributed by atoms with Gasteiger partial charge in [-0.2, -0.15) is 0 Å². The standard InChI is InChI=1S/C28H28N2O7/c1-30(2)12-13-4-3-5-14(8-13)17-6-7-19(31)22-18(17)10-15-9-16-11-20(32)23(27(29)36)26(35)28(16,37)25(34)21(15)24(22)33/h3-8,15-16,31,33,35,37H,9-12H2,1-2H3,(H2,29,36)/t15-,16+,28+/m1/s1. The van der Waals surface area contributed by atoms with Crippen LogP contribution in [-0.4, -0.2) is 62.5 Å². The first kappa shape index (κ1) is 24.7. The number of carbonyl (C=O) groups excluding carboxylic acids is 3. The van der Waals surface area contributed by atoms with Gasteiger partial charge in [-0.05, 0) is 67.2 Å². The zero-order valence-corrected chi connectivity index (χ0v) is 20.5. The van der Waals surface area contributed by atoms with Crippen LogP contribution >= 0.6 is 0 Å². The molecule has 3 atom stereocenters. The lowest BCUT2D eigenvalue weighted by atomic mass is 9.59. The van der Waals surface area contributed by atoms with E-state index in [2.05, 4.69) is 0 Å². The van der Waals surface area contributed by atoms with Gasteiger partial charge in [-0.15, -0.1) is 0 Å². The fraction of sp³-hybridized carbons (Fsp3) is 0.321. The molecule has 5 rings (SSSR count). The average molecular weight is 505 g/mol. The number of nitrogens with two attached hydrogens (primary N) is 1. The molecule has 2 aromatic carbocycles. The summed E-state index contributed by atoms with van der Waals surface area (Å²) in [4.78, 5) is 40.0. The van der Waals surface area contributed by atoms with E-state index in [-0.39, 0.29) is 36.1 Å². The Hall–Kier alpha value is -3.95. The summed E-state index contributed by atoms with van der Waals surface area (Å²) in [6.45, 7) is 0.721. The lowest BCUT2D eigenvalue weighted by molar-refractivity contribution is -0.147. The molecule has 2 aromatic rings. The van der Waals surface area contributed by atoms with Gasteiger partial charge in [0.1, 0.15) is 22.8 Å². The molecule has 0 aromatic heterocycles. The minimum Gasteiger partial charge on any atom is -0.508 e. The molecule has 192 valence electrons. The number of carbonyl (C=O) groups is 3. The number of ketones is 2. The first-order valence-corrected chi connectivity index (χ1v) is 12.0. The zero-order valence-electron chi connectivity index (χ0n) is 20.5. The van der Waals surface area contributed by atoms with Gasteiger partial charge in [0, 0.05) is 24.5 Å². The van der Waals surface area contributed by atoms with E-state index in [1.54, 1.807) is 6.07 Å². The summed E-state index contributed by atoms with van der Waals surface area (Å²) in [6, 6.07) is 11.1. The summed E-state index contributed by atoms with van der Waals surface area (Å²) in [5, 5.41) is 44.0. The lowest BCUT2D eigenvalue weighted by Crippen LogP contribution is -2.58. The van der Waals surface area contributed by atoms with Crippen LogP contribution in [0.15, 0.2) is 53.3 Å². The van der Waals surface area contributed by atoms with E-state index >= 15 is 0 Å². The highest BCUT2D eigenvalue weighted by molar-refractivity contribution is 6.22. The third kappa shape index (κ3) is 3.65. The quantitative estimate of drug-likeness (QED) is 0.396. The van der Waals surface area contributed by atoms with Gasteiger partial charge in [0.2, 0.25) is 5.78 Å². The molecule has 3 aliphatic rings. The Labute approximate surface area is 213 Å². The average Bonchev–Trinajstić information content (AvgIpc) is 2.81. The van der Waals surface area contributed by atoms with Gasteiger partial charge in [-0.3, -0.25) is 14.4 Å². The fourth-order valence-corrected chi connectivity index (χ4v) is 6.09. The predicted molar refractivity (Wildman–Crippen MR) is 134 cm³/mol. The summed E-state index contributed by atoms with van der Waals surface area (Å²) >= 11 is 0. The molecular weight excluding hydrogens is 476 g/mol. The highest BCUT2D eigenvalue weighted by Gasteiger charge is 2.60. The van der Waals surface area contributed by atoms with Crippen LogP contribution in [0.4, 0.5) is 0 Å². The van der Waals surface area contributed by atoms with Crippen LogP contribution in [-0.2, 0) is 27.3 Å². The summed E-state index contributed by atoms with van der Waals surface area (Å²) < 4.78 is 0. The van der Waals surface area contributed by atoms with Crippen molar-refractivity contribution in [3.05, 3.63) is 70.0 Å². The Kier molecular flexibility index (Phi) is 5.73. The minimum absolute atomic E-state index is 0.0858. The fourth-order valence-electron chi connectivity index (χ4n) is 6.09. The van der Waals surface area contributed by atoms with Gasteiger partial charge >= 0.3 is 0 Å². The van der Waals surface area contributed by atoms with Crippen molar-refractivity contribution in [3.63, 3.8) is 0 Å². The SMILES string of the molecule is CN(C)Cc1cccc(-c2ccc(O)c3c2C[C@H]2C[C@H]4CC(=O)C(C(N)=O)=C(O)[C@@]4(O)C(=O)C2=C3O)c1. The second-order valence-electron chi connectivity index (χ2n) is 10.3. The first-order valence-electron chi connectivity index (χ1n) is 12.0. The number of aliphatic hydroxyl groups excluding tert-OH is 2. The van der Waals surface area contributed by atoms with Crippen molar-refractivity contribution in [3.8, 4) is 16.9 Å². The molecule has 1 fully saturated rings. The number of phenols is 1. The molecular formula is C28H28N2O7. The monoisotopic (exact) mass is 504 g/mol. The molecule has 0 spiro atoms. The normalized spacial score (nSPS) is 25.2. The third-order valence-corrected chi connectivity index (χ3v) is 7.68. The van der Waals surface area contributed by atoms with Gasteiger partial charge in [-0.1, -0.05) is 24.3 Å². The summed E-state index contributed by atoms with van der Waals surface area (Å²) in [5.41, 5.74) is 5.18. The van der Waals surface area contributed by atoms with Gasteiger partial charge in [-0.25, -0.2) is 0 Å². The van der Waals surface area contributed by atoms with Gasteiger partial charge in [0.15, 0.2) is 11.4 Å². The number of aliphatic hydroxyl groups is 3. The molecule has 0 bridgehead atoms. The van der Waals surface area contributed by atoms with Gasteiger partial charge in [0.25, 0.3) is 5.91 Å². The van der Waals surface area contributed by atoms with Crippen molar-refractivity contribution in [1.82, 2.24) is 4.90 Å². The van der Waals surface area contributed by atoms with Crippen molar-refractivity contribution in [2.45, 2.75) is 31.4 Å². The number of nitrogens with zero attached hydrogens (tertiary/aromatic N) is 1. The van der Waals surface area contributed by atoms with E-state index in [1.807, 2.05) is 43.3 Å². The van der Waals surface area contributed by atoms with Crippen LogP contribution in [0.2, 0.25) is 0 Å². The molecule has 9 heteroatoms. The van der Waals surface area contributed by atoms with Crippen molar-refractivity contribution >= 4 is 23.2 Å². The molecule has 37 heavy (non-hydrogen) atoms. The highest BCUT2D eigenvalue weighted by atomic mass is 16.3. The molecule has 0 heterocycles. The maximum atomic E-state index is 13.6. The second kappa shape index (κ2) is 8.57. The Morgan fingerprint density at radius 2 is 1.84 bits per heavy atom. The molecule has 3 aliphatic carbocycles. The van der Waals surface area contributed by atoms with Crippen molar-refractivity contribution in [1.29, 1.82) is 0 Å². The van der Waals surface area contributed by atoms with Gasteiger partial charge < -0.3 is 31.1 Å². The number of hydrogen-bond donors (Lipinski definition) is 5. The van der Waals surface area contributed by atoms with E-state index in [1.165, 1.54) is 6.07 Å². The maximum Gasteiger partial charge on any atom is 0.255 e. The number of phenolic OH excluding ortho intramolecular Hbond substituents is 1. The molecule has 0 unspecified atom stereocenters. The first-order chi connectivity index (χ1) is 17.4. The smallest absolute Gasteiger partial charge is 0.255 e. The summed E-state index contributed by atoms with van der Waals surface area (Å²) in [5.74, 6) is -6.35. The van der Waals surface area contributed by atoms with Crippen LogP contribution in [0, 0.1) is 11.8 Å². The Morgan fingerprint density at radius 1 is 1.11 bits per heavy atom. The van der Waals surface area contributed by atoms with Crippen LogP contribution in [0.3, 0.4) is 0 Å². The van der Waals surface area contributed by atoms with Crippen molar-refractivity contribution < 1.29 is 34.8 Å². The molecule has 6 N–H and O–H groups in total. The van der Waals surface area contributed by atoms with Crippen molar-refractivity contribution in [2.24, 2.45) is 17.6 Å². The number of primary amides is 1. The van der Waals surface area contributed by atoms with Crippen molar-refractivity contribution in [2.75, 3.05) is 14.1 Å². The van der Waals surface area contributed by atoms with Crippen LogP contribution in [0.1, 0.15) is 29.5 Å². The number of aromatic hydroxyl groups is 1. The number of Topliss-reactive ketones (excluding diaryl/α,β-unsaturated/α-hetero) is 2. The number of amides is 1. The molecule has 0 radical (unpaired) electrons. The van der Waals surface area contributed by atoms with Crippen LogP contribution in [0.25, 0.3) is 16.9 Å². The number of benzene rings is 2. The Balaban J connectivity index is 1.67. The molecule has 1 amide bonds. The van der Waals surface area contributed by atoms with E-state index in [0.29, 0.717) is 5.56 Å². The van der Waals surface area contributed by atoms with Crippen LogP contribution < -0.4 is 5.73 Å². The largest absolute Gasteiger partial charge is 0.508 e. The summed E-state index contributed by atoms with van der Waals surface area (Å²) in [7, 11) is 3.94. The number of rotatable bonds is 4. The zero-order chi connectivity index (χ0) is 26.8. The van der Waals surface area contributed by atoms with Gasteiger partial charge in [0.05, 0.1) is 5.56 Å². The van der Waals surface area contributed by atoms with Crippen LogP contribution in [0.5, 0.6) is 5.75 Å². The Bertz CT molecular complexity index is 1440. The number of hydrogen-bond acceptors (Lipinski definition) is 8. The second-order valence-corrected chi connectivity index (χ2v) is 10.3. The summed E-state index contributed by atoms with van der Waals surface area (Å²) in [6.07, 6.45) is 0.0101. The highest BCUT2D eigenvalue weighted by Crippen LogP contribution is 2.53. The maximum absolute atomic E-state index is 13.6.